The van der Waals surface area contributed by atoms with Crippen LogP contribution in [0.4, 0.5) is 5.69 Å². The second kappa shape index (κ2) is 8.72. The van der Waals surface area contributed by atoms with E-state index in [2.05, 4.69) is 5.32 Å². The molecular formula is C22H21NO3. The second-order valence-corrected chi connectivity index (χ2v) is 5.74. The van der Waals surface area contributed by atoms with Crippen LogP contribution in [-0.2, 0) is 4.79 Å². The van der Waals surface area contributed by atoms with Crippen LogP contribution in [0.5, 0.6) is 11.5 Å². The molecule has 0 aliphatic carbocycles. The molecule has 1 amide bonds. The van der Waals surface area contributed by atoms with Crippen molar-refractivity contribution in [3.8, 4) is 22.6 Å². The minimum Gasteiger partial charge on any atom is -0.497 e. The van der Waals surface area contributed by atoms with E-state index >= 15 is 0 Å². The van der Waals surface area contributed by atoms with E-state index in [0.29, 0.717) is 6.61 Å². The first-order chi connectivity index (χ1) is 12.8. The fraction of sp³-hybridized carbons (Fsp3) is 0.136. The maximum atomic E-state index is 12.1. The van der Waals surface area contributed by atoms with E-state index in [1.165, 1.54) is 0 Å². The molecule has 4 heteroatoms. The molecule has 1 N–H and O–H groups in total. The molecule has 3 rings (SSSR count). The number of rotatable bonds is 7. The molecule has 3 aromatic rings. The standard InChI is InChI=1S/C22H21NO3/c1-25-19-13-11-18(12-14-19)23-22(24)15-16-26-21-10-6-5-9-20(21)17-7-3-2-4-8-17/h2-14H,15-16H2,1H3,(H,23,24). The highest BCUT2D eigenvalue weighted by atomic mass is 16.5. The Kier molecular flexibility index (Phi) is 5.88. The van der Waals surface area contributed by atoms with Gasteiger partial charge in [-0.3, -0.25) is 4.79 Å². The molecule has 4 nitrogen and oxygen atoms in total. The van der Waals surface area contributed by atoms with Crippen LogP contribution >= 0.6 is 0 Å². The van der Waals surface area contributed by atoms with Gasteiger partial charge in [0.1, 0.15) is 11.5 Å². The highest BCUT2D eigenvalue weighted by Gasteiger charge is 2.07. The number of anilines is 1. The molecule has 0 atom stereocenters. The summed E-state index contributed by atoms with van der Waals surface area (Å²) < 4.78 is 11.0. The Morgan fingerprint density at radius 1 is 0.885 bits per heavy atom. The van der Waals surface area contributed by atoms with Crippen molar-refractivity contribution in [2.75, 3.05) is 19.0 Å². The number of nitrogens with one attached hydrogen (secondary N) is 1. The quantitative estimate of drug-likeness (QED) is 0.670. The van der Waals surface area contributed by atoms with Gasteiger partial charge in [0, 0.05) is 11.3 Å². The molecule has 0 saturated heterocycles. The van der Waals surface area contributed by atoms with Gasteiger partial charge in [0.25, 0.3) is 0 Å². The third kappa shape index (κ3) is 4.63. The van der Waals surface area contributed by atoms with Crippen molar-refractivity contribution in [3.05, 3.63) is 78.9 Å². The minimum absolute atomic E-state index is 0.0904. The Balaban J connectivity index is 1.55. The predicted molar refractivity (Wildman–Crippen MR) is 104 cm³/mol. The first-order valence-corrected chi connectivity index (χ1v) is 8.47. The lowest BCUT2D eigenvalue weighted by Gasteiger charge is -2.12. The number of benzene rings is 3. The van der Waals surface area contributed by atoms with Crippen molar-refractivity contribution in [2.45, 2.75) is 6.42 Å². The summed E-state index contributed by atoms with van der Waals surface area (Å²) in [4.78, 5) is 12.1. The van der Waals surface area contributed by atoms with Crippen molar-refractivity contribution in [2.24, 2.45) is 0 Å². The molecule has 0 bridgehead atoms. The number of hydrogen-bond donors (Lipinski definition) is 1. The van der Waals surface area contributed by atoms with Crippen LogP contribution < -0.4 is 14.8 Å². The van der Waals surface area contributed by atoms with E-state index in [-0.39, 0.29) is 12.3 Å². The number of hydrogen-bond acceptors (Lipinski definition) is 3. The zero-order valence-corrected chi connectivity index (χ0v) is 14.6. The van der Waals surface area contributed by atoms with Gasteiger partial charge in [-0.25, -0.2) is 0 Å². The molecule has 0 fully saturated rings. The molecule has 0 spiro atoms. The number of methoxy groups -OCH3 is 1. The fourth-order valence-electron chi connectivity index (χ4n) is 2.60. The van der Waals surface area contributed by atoms with E-state index in [0.717, 1.165) is 28.3 Å². The Bertz CT molecular complexity index is 845. The van der Waals surface area contributed by atoms with Gasteiger partial charge in [-0.2, -0.15) is 0 Å². The van der Waals surface area contributed by atoms with Gasteiger partial charge in [0.2, 0.25) is 5.91 Å². The van der Waals surface area contributed by atoms with E-state index in [1.807, 2.05) is 78.9 Å². The molecule has 0 saturated carbocycles. The van der Waals surface area contributed by atoms with E-state index in [4.69, 9.17) is 9.47 Å². The Labute approximate surface area is 153 Å². The Hall–Kier alpha value is -3.27. The van der Waals surface area contributed by atoms with Gasteiger partial charge in [-0.05, 0) is 35.9 Å². The molecular weight excluding hydrogens is 326 g/mol. The van der Waals surface area contributed by atoms with Crippen molar-refractivity contribution < 1.29 is 14.3 Å². The van der Waals surface area contributed by atoms with Gasteiger partial charge in [0.15, 0.2) is 0 Å². The van der Waals surface area contributed by atoms with Crippen molar-refractivity contribution in [1.29, 1.82) is 0 Å². The van der Waals surface area contributed by atoms with Crippen LogP contribution in [0, 0.1) is 0 Å². The van der Waals surface area contributed by atoms with Gasteiger partial charge in [-0.1, -0.05) is 48.5 Å². The molecule has 0 aromatic heterocycles. The highest BCUT2D eigenvalue weighted by Crippen LogP contribution is 2.29. The van der Waals surface area contributed by atoms with Crippen molar-refractivity contribution in [3.63, 3.8) is 0 Å². The largest absolute Gasteiger partial charge is 0.497 e. The summed E-state index contributed by atoms with van der Waals surface area (Å²) >= 11 is 0. The summed E-state index contributed by atoms with van der Waals surface area (Å²) in [7, 11) is 1.61. The molecule has 132 valence electrons. The van der Waals surface area contributed by atoms with Crippen molar-refractivity contribution >= 4 is 11.6 Å². The summed E-state index contributed by atoms with van der Waals surface area (Å²) in [6, 6.07) is 25.1. The molecule has 3 aromatic carbocycles. The van der Waals surface area contributed by atoms with E-state index in [1.54, 1.807) is 7.11 Å². The average molecular weight is 347 g/mol. The lowest BCUT2D eigenvalue weighted by Crippen LogP contribution is -2.15. The lowest BCUT2D eigenvalue weighted by atomic mass is 10.1. The number of para-hydroxylation sites is 1. The zero-order chi connectivity index (χ0) is 18.2. The van der Waals surface area contributed by atoms with Crippen LogP contribution in [0.3, 0.4) is 0 Å². The van der Waals surface area contributed by atoms with Crippen LogP contribution in [0.15, 0.2) is 78.9 Å². The number of carbonyl (C=O) groups is 1. The number of ether oxygens (including phenoxy) is 2. The molecule has 0 aliphatic rings. The summed E-state index contributed by atoms with van der Waals surface area (Å²) in [6.07, 6.45) is 0.273. The fourth-order valence-corrected chi connectivity index (χ4v) is 2.60. The minimum atomic E-state index is -0.0904. The highest BCUT2D eigenvalue weighted by molar-refractivity contribution is 5.90. The predicted octanol–water partition coefficient (Wildman–Crippen LogP) is 4.77. The zero-order valence-electron chi connectivity index (χ0n) is 14.6. The lowest BCUT2D eigenvalue weighted by molar-refractivity contribution is -0.116. The molecule has 26 heavy (non-hydrogen) atoms. The Morgan fingerprint density at radius 2 is 1.58 bits per heavy atom. The number of carbonyl (C=O) groups excluding carboxylic acids is 1. The van der Waals surface area contributed by atoms with Crippen LogP contribution in [-0.4, -0.2) is 19.6 Å². The summed E-state index contributed by atoms with van der Waals surface area (Å²) in [6.45, 7) is 0.311. The molecule has 0 heterocycles. The SMILES string of the molecule is COc1ccc(NC(=O)CCOc2ccccc2-c2ccccc2)cc1. The summed E-state index contributed by atoms with van der Waals surface area (Å²) in [5, 5.41) is 2.85. The normalized spacial score (nSPS) is 10.2. The second-order valence-electron chi connectivity index (χ2n) is 5.74. The van der Waals surface area contributed by atoms with E-state index in [9.17, 15) is 4.79 Å². The topological polar surface area (TPSA) is 47.6 Å². The van der Waals surface area contributed by atoms with Crippen LogP contribution in [0.1, 0.15) is 6.42 Å². The molecule has 0 unspecified atom stereocenters. The Morgan fingerprint density at radius 3 is 2.31 bits per heavy atom. The monoisotopic (exact) mass is 347 g/mol. The maximum absolute atomic E-state index is 12.1. The smallest absolute Gasteiger partial charge is 0.227 e. The first kappa shape index (κ1) is 17.5. The maximum Gasteiger partial charge on any atom is 0.227 e. The average Bonchev–Trinajstić information content (AvgIpc) is 2.69. The number of amides is 1. The third-order valence-electron chi connectivity index (χ3n) is 3.93. The van der Waals surface area contributed by atoms with E-state index < -0.39 is 0 Å². The summed E-state index contributed by atoms with van der Waals surface area (Å²) in [5.74, 6) is 1.44. The van der Waals surface area contributed by atoms with Gasteiger partial charge < -0.3 is 14.8 Å². The molecule has 0 radical (unpaired) electrons. The van der Waals surface area contributed by atoms with Gasteiger partial charge >= 0.3 is 0 Å². The summed E-state index contributed by atoms with van der Waals surface area (Å²) in [5.41, 5.74) is 2.84. The first-order valence-electron chi connectivity index (χ1n) is 8.47. The third-order valence-corrected chi connectivity index (χ3v) is 3.93. The van der Waals surface area contributed by atoms with Crippen LogP contribution in [0.25, 0.3) is 11.1 Å². The molecule has 0 aliphatic heterocycles. The van der Waals surface area contributed by atoms with Crippen molar-refractivity contribution in [1.82, 2.24) is 0 Å². The van der Waals surface area contributed by atoms with Gasteiger partial charge in [0.05, 0.1) is 20.1 Å². The van der Waals surface area contributed by atoms with Gasteiger partial charge in [-0.15, -0.1) is 0 Å². The van der Waals surface area contributed by atoms with Crippen LogP contribution in [0.2, 0.25) is 0 Å².